The van der Waals surface area contributed by atoms with Crippen LogP contribution in [0.3, 0.4) is 0 Å². The average molecular weight is 284 g/mol. The topological polar surface area (TPSA) is 74.6 Å². The van der Waals surface area contributed by atoms with Gasteiger partial charge in [-0.1, -0.05) is 32.0 Å². The first-order valence-corrected chi connectivity index (χ1v) is 6.61. The van der Waals surface area contributed by atoms with Gasteiger partial charge in [0.2, 0.25) is 0 Å². The maximum atomic E-state index is 12.5. The monoisotopic (exact) mass is 284 g/mol. The molecule has 0 aromatic heterocycles. The molecule has 0 unspecified atom stereocenters. The highest BCUT2D eigenvalue weighted by Crippen LogP contribution is 2.27. The first kappa shape index (κ1) is 14.8. The van der Waals surface area contributed by atoms with Crippen LogP contribution in [0.1, 0.15) is 51.6 Å². The quantitative estimate of drug-likeness (QED) is 0.843. The number of hydrogen-bond donors (Lipinski definition) is 2. The number of phenols is 1. The lowest BCUT2D eigenvalue weighted by molar-refractivity contribution is 0.0693. The third-order valence-electron chi connectivity index (χ3n) is 3.31. The summed E-state index contributed by atoms with van der Waals surface area (Å²) < 4.78 is 0. The molecular weight excluding hydrogens is 268 g/mol. The summed E-state index contributed by atoms with van der Waals surface area (Å²) in [5.74, 6) is -1.31. The number of aromatic hydroxyl groups is 1. The van der Waals surface area contributed by atoms with Crippen LogP contribution in [0.5, 0.6) is 5.75 Å². The molecule has 0 aliphatic rings. The Balaban J connectivity index is 2.51. The zero-order valence-electron chi connectivity index (χ0n) is 11.8. The van der Waals surface area contributed by atoms with E-state index in [0.717, 1.165) is 0 Å². The van der Waals surface area contributed by atoms with Crippen LogP contribution in [0.2, 0.25) is 0 Å². The molecule has 2 N–H and O–H groups in total. The van der Waals surface area contributed by atoms with Crippen LogP contribution in [0.25, 0.3) is 0 Å². The second-order valence-corrected chi connectivity index (χ2v) is 5.11. The number of ketones is 1. The standard InChI is InChI=1S/C17H16O4/c1-10(2)14-9-11(7-8-15(14)18)16(19)12-5-3-4-6-13(12)17(20)21/h3-10,18H,1-2H3,(H,20,21). The summed E-state index contributed by atoms with van der Waals surface area (Å²) in [4.78, 5) is 23.7. The van der Waals surface area contributed by atoms with Gasteiger partial charge < -0.3 is 10.2 Å². The fraction of sp³-hybridized carbons (Fsp3) is 0.176. The summed E-state index contributed by atoms with van der Waals surface area (Å²) in [5, 5.41) is 19.0. The predicted octanol–water partition coefficient (Wildman–Crippen LogP) is 3.44. The predicted molar refractivity (Wildman–Crippen MR) is 79.0 cm³/mol. The van der Waals surface area contributed by atoms with E-state index in [1.807, 2.05) is 13.8 Å². The highest BCUT2D eigenvalue weighted by Gasteiger charge is 2.18. The Kier molecular flexibility index (Phi) is 4.08. The van der Waals surface area contributed by atoms with Crippen LogP contribution in [0.4, 0.5) is 0 Å². The van der Waals surface area contributed by atoms with Crippen molar-refractivity contribution in [3.8, 4) is 5.75 Å². The third kappa shape index (κ3) is 2.94. The van der Waals surface area contributed by atoms with Gasteiger partial charge in [0.1, 0.15) is 5.75 Å². The van der Waals surface area contributed by atoms with Crippen LogP contribution >= 0.6 is 0 Å². The van der Waals surface area contributed by atoms with Gasteiger partial charge in [-0.15, -0.1) is 0 Å². The number of hydrogen-bond acceptors (Lipinski definition) is 3. The largest absolute Gasteiger partial charge is 0.508 e. The molecule has 0 heterocycles. The van der Waals surface area contributed by atoms with Gasteiger partial charge in [0.25, 0.3) is 0 Å². The maximum absolute atomic E-state index is 12.5. The molecule has 0 saturated heterocycles. The number of carbonyl (C=O) groups is 2. The van der Waals surface area contributed by atoms with Crippen molar-refractivity contribution in [1.82, 2.24) is 0 Å². The molecule has 4 nitrogen and oxygen atoms in total. The van der Waals surface area contributed by atoms with Gasteiger partial charge in [-0.25, -0.2) is 4.79 Å². The van der Waals surface area contributed by atoms with Gasteiger partial charge in [-0.05, 0) is 35.7 Å². The molecule has 2 aromatic carbocycles. The fourth-order valence-electron chi connectivity index (χ4n) is 2.18. The molecule has 2 aromatic rings. The molecule has 108 valence electrons. The van der Waals surface area contributed by atoms with Crippen LogP contribution < -0.4 is 0 Å². The Hall–Kier alpha value is -2.62. The lowest BCUT2D eigenvalue weighted by Gasteiger charge is -2.11. The molecular formula is C17H16O4. The normalized spacial score (nSPS) is 10.6. The van der Waals surface area contributed by atoms with E-state index in [1.54, 1.807) is 18.2 Å². The number of phenolic OH excluding ortho intramolecular Hbond substituents is 1. The van der Waals surface area contributed by atoms with Gasteiger partial charge in [0.15, 0.2) is 5.78 Å². The highest BCUT2D eigenvalue weighted by atomic mass is 16.4. The zero-order chi connectivity index (χ0) is 15.6. The molecule has 21 heavy (non-hydrogen) atoms. The zero-order valence-corrected chi connectivity index (χ0v) is 11.8. The first-order valence-electron chi connectivity index (χ1n) is 6.61. The number of rotatable bonds is 4. The minimum absolute atomic E-state index is 0.0262. The van der Waals surface area contributed by atoms with Crippen molar-refractivity contribution in [2.75, 3.05) is 0 Å². The SMILES string of the molecule is CC(C)c1cc(C(=O)c2ccccc2C(=O)O)ccc1O. The van der Waals surface area contributed by atoms with Crippen molar-refractivity contribution in [1.29, 1.82) is 0 Å². The van der Waals surface area contributed by atoms with Gasteiger partial charge in [0, 0.05) is 11.1 Å². The molecule has 0 atom stereocenters. The van der Waals surface area contributed by atoms with Crippen molar-refractivity contribution in [2.45, 2.75) is 19.8 Å². The Labute approximate surface area is 122 Å². The second kappa shape index (κ2) is 5.79. The number of aromatic carboxylic acids is 1. The fourth-order valence-corrected chi connectivity index (χ4v) is 2.18. The van der Waals surface area contributed by atoms with Crippen molar-refractivity contribution < 1.29 is 19.8 Å². The molecule has 0 spiro atoms. The van der Waals surface area contributed by atoms with E-state index < -0.39 is 5.97 Å². The molecule has 2 rings (SSSR count). The molecule has 0 radical (unpaired) electrons. The summed E-state index contributed by atoms with van der Waals surface area (Å²) in [6.45, 7) is 3.82. The summed E-state index contributed by atoms with van der Waals surface area (Å²) in [6.07, 6.45) is 0. The minimum atomic E-state index is -1.14. The summed E-state index contributed by atoms with van der Waals surface area (Å²) in [5.41, 5.74) is 1.14. The number of carbonyl (C=O) groups excluding carboxylic acids is 1. The number of carboxylic acid groups (broad SMARTS) is 1. The number of benzene rings is 2. The summed E-state index contributed by atoms with van der Waals surface area (Å²) >= 11 is 0. The average Bonchev–Trinajstić information content (AvgIpc) is 2.46. The van der Waals surface area contributed by atoms with E-state index in [0.29, 0.717) is 11.1 Å². The smallest absolute Gasteiger partial charge is 0.336 e. The van der Waals surface area contributed by atoms with Gasteiger partial charge >= 0.3 is 5.97 Å². The summed E-state index contributed by atoms with van der Waals surface area (Å²) in [6, 6.07) is 10.7. The van der Waals surface area contributed by atoms with Crippen molar-refractivity contribution in [2.24, 2.45) is 0 Å². The molecule has 0 bridgehead atoms. The van der Waals surface area contributed by atoms with E-state index in [1.165, 1.54) is 24.3 Å². The van der Waals surface area contributed by atoms with Crippen LogP contribution in [0.15, 0.2) is 42.5 Å². The minimum Gasteiger partial charge on any atom is -0.508 e. The molecule has 0 fully saturated rings. The Morgan fingerprint density at radius 2 is 1.62 bits per heavy atom. The Morgan fingerprint density at radius 1 is 1.00 bits per heavy atom. The lowest BCUT2D eigenvalue weighted by Crippen LogP contribution is -2.10. The lowest BCUT2D eigenvalue weighted by atomic mass is 9.94. The van der Waals surface area contributed by atoms with Gasteiger partial charge in [-0.2, -0.15) is 0 Å². The van der Waals surface area contributed by atoms with Crippen molar-refractivity contribution in [3.63, 3.8) is 0 Å². The molecule has 0 saturated carbocycles. The van der Waals surface area contributed by atoms with Gasteiger partial charge in [-0.3, -0.25) is 4.79 Å². The van der Waals surface area contributed by atoms with Gasteiger partial charge in [0.05, 0.1) is 5.56 Å². The Morgan fingerprint density at radius 3 is 2.19 bits per heavy atom. The van der Waals surface area contributed by atoms with Crippen molar-refractivity contribution >= 4 is 11.8 Å². The van der Waals surface area contributed by atoms with E-state index in [4.69, 9.17) is 5.11 Å². The molecule has 4 heteroatoms. The van der Waals surface area contributed by atoms with E-state index in [2.05, 4.69) is 0 Å². The highest BCUT2D eigenvalue weighted by molar-refractivity contribution is 6.14. The molecule has 0 aliphatic carbocycles. The van der Waals surface area contributed by atoms with Crippen LogP contribution in [-0.4, -0.2) is 22.0 Å². The molecule has 0 aliphatic heterocycles. The van der Waals surface area contributed by atoms with Crippen molar-refractivity contribution in [3.05, 3.63) is 64.7 Å². The summed E-state index contributed by atoms with van der Waals surface area (Å²) in [7, 11) is 0. The second-order valence-electron chi connectivity index (χ2n) is 5.11. The maximum Gasteiger partial charge on any atom is 0.336 e. The number of carboxylic acids is 1. The van der Waals surface area contributed by atoms with E-state index in [-0.39, 0.29) is 28.6 Å². The Bertz CT molecular complexity index is 702. The van der Waals surface area contributed by atoms with E-state index in [9.17, 15) is 14.7 Å². The molecule has 0 amide bonds. The third-order valence-corrected chi connectivity index (χ3v) is 3.31. The van der Waals surface area contributed by atoms with Crippen LogP contribution in [0, 0.1) is 0 Å². The van der Waals surface area contributed by atoms with E-state index >= 15 is 0 Å². The van der Waals surface area contributed by atoms with Crippen LogP contribution in [-0.2, 0) is 0 Å². The first-order chi connectivity index (χ1) is 9.91.